The Morgan fingerprint density at radius 3 is 1.94 bits per heavy atom. The van der Waals surface area contributed by atoms with Crippen LogP contribution >= 0.6 is 11.8 Å². The van der Waals surface area contributed by atoms with Crippen molar-refractivity contribution in [1.82, 2.24) is 0 Å². The fourth-order valence-corrected chi connectivity index (χ4v) is 9.27. The monoisotopic (exact) mass is 696 g/mol. The zero-order chi connectivity index (χ0) is 53.1. The maximum Gasteiger partial charge on any atom is 0.0725 e. The molecular weight excluding hydrogens is 645 g/mol. The molecule has 0 N–H and O–H groups in total. The van der Waals surface area contributed by atoms with Gasteiger partial charge in [0.05, 0.1) is 35.6 Å². The minimum atomic E-state index is -2.68. The van der Waals surface area contributed by atoms with Crippen LogP contribution in [0.5, 0.6) is 0 Å². The minimum Gasteiger partial charge on any atom is -0.0888 e. The second-order valence-electron chi connectivity index (χ2n) is 12.7. The number of fused-ring (bicyclic) bond motifs is 11. The summed E-state index contributed by atoms with van der Waals surface area (Å²) in [5, 5.41) is 0.410. The van der Waals surface area contributed by atoms with Crippen LogP contribution in [0, 0.1) is 0 Å². The summed E-state index contributed by atoms with van der Waals surface area (Å²) in [6.45, 7) is 0. The van der Waals surface area contributed by atoms with Gasteiger partial charge in [-0.2, -0.15) is 0 Å². The summed E-state index contributed by atoms with van der Waals surface area (Å²) in [4.78, 5) is 1.48. The van der Waals surface area contributed by atoms with Gasteiger partial charge in [0.25, 0.3) is 0 Å². The molecule has 1 heterocycles. The minimum absolute atomic E-state index is 0.00226. The number of rotatable bonds is 2. The fraction of sp³-hybridized carbons (Fsp3) is 0.0196. The Bertz CT molecular complexity index is 4220. The lowest BCUT2D eigenvalue weighted by Gasteiger charge is -2.40. The molecule has 52 heavy (non-hydrogen) atoms. The zero-order valence-electron chi connectivity index (χ0n) is 48.5. The Labute approximate surface area is 338 Å². The van der Waals surface area contributed by atoms with Gasteiger partial charge in [-0.1, -0.05) is 169 Å². The van der Waals surface area contributed by atoms with E-state index >= 15 is 0 Å². The molecule has 0 nitrogen and oxygen atoms in total. The van der Waals surface area contributed by atoms with Gasteiger partial charge in [0, 0.05) is 15.2 Å². The van der Waals surface area contributed by atoms with Gasteiger partial charge in [-0.05, 0) is 118 Å². The van der Waals surface area contributed by atoms with Gasteiger partial charge in [0.1, 0.15) is 0 Å². The molecule has 3 aliphatic rings. The highest BCUT2D eigenvalue weighted by atomic mass is 32.2. The van der Waals surface area contributed by atoms with Gasteiger partial charge >= 0.3 is 0 Å². The first-order chi connectivity index (χ1) is 34.9. The van der Waals surface area contributed by atoms with Crippen LogP contribution in [0.1, 0.15) is 52.4 Å². The van der Waals surface area contributed by atoms with E-state index < -0.39 is 188 Å². The van der Waals surface area contributed by atoms with Gasteiger partial charge in [-0.15, -0.1) is 0 Å². The molecule has 1 atom stereocenters. The maximum absolute atomic E-state index is 10.4. The van der Waals surface area contributed by atoms with E-state index in [1.54, 1.807) is 42.5 Å². The second-order valence-corrected chi connectivity index (χ2v) is 13.7. The Hall–Kier alpha value is -6.15. The second kappa shape index (κ2) is 10.4. The van der Waals surface area contributed by atoms with Crippen LogP contribution in [0.2, 0.25) is 0 Å². The highest BCUT2D eigenvalue weighted by Crippen LogP contribution is 2.62. The lowest BCUT2D eigenvalue weighted by Crippen LogP contribution is -2.31. The third kappa shape index (κ3) is 3.63. The SMILES string of the molecule is [2H]c1c([2H])c([2H])c(-c2ccc3c4c(cccc24)-c2cc(-c4c([2H])c([2H])c5c(c4[2H])C4(c6c([2H])c([2H])c([2H])c([2H])c6-5)c5c([2H])c([2H])c([2H])c([2H])c5-c5c([2H])c([2H])c([2H])c6c([2H])c([2H])c([2H])c4c56)ccc2S3)c([2H])c1[2H]. The van der Waals surface area contributed by atoms with E-state index in [1.165, 1.54) is 11.8 Å². The molecule has 0 radical (unpaired) electrons. The molecule has 2 aliphatic carbocycles. The smallest absolute Gasteiger partial charge is 0.0725 e. The van der Waals surface area contributed by atoms with Crippen LogP contribution in [0.15, 0.2) is 191 Å². The third-order valence-electron chi connectivity index (χ3n) is 10.2. The maximum atomic E-state index is 10.4. The molecular formula is C51H30S. The summed E-state index contributed by atoms with van der Waals surface area (Å²) in [5.41, 5.74) is -4.75. The summed E-state index contributed by atoms with van der Waals surface area (Å²) in [5.74, 6) is 0. The Kier molecular flexibility index (Phi) is 2.98. The van der Waals surface area contributed by atoms with E-state index in [1.807, 2.05) is 6.07 Å². The normalized spacial score (nSPS) is 21.6. The van der Waals surface area contributed by atoms with Crippen molar-refractivity contribution in [3.8, 4) is 55.6 Å². The molecule has 1 unspecified atom stereocenters. The average molecular weight is 697 g/mol. The van der Waals surface area contributed by atoms with E-state index in [0.717, 1.165) is 4.90 Å². The standard InChI is InChI=1S/C51H30S/c1-2-11-31(12-3-1)35-26-28-48-50-39(35)18-10-19-41(50)42-29-33(24-27-47(42)52-48)34-23-25-38-36-15-4-6-20-43(36)51(46(38)30-34)44-21-7-5-16-37(44)40-17-8-13-32-14-9-22-45(51)49(32)40/h1-30H/i1D,2D,3D,4D,5D,6D,7D,8D,9D,11D,12D,13D,14D,15D,16D,17D,20D,21D,22D,23D,25D,30D. The largest absolute Gasteiger partial charge is 0.0888 e. The Morgan fingerprint density at radius 1 is 0.404 bits per heavy atom. The first-order valence-corrected chi connectivity index (χ1v) is 17.1. The van der Waals surface area contributed by atoms with Crippen LogP contribution in [-0.4, -0.2) is 0 Å². The van der Waals surface area contributed by atoms with Crippen LogP contribution in [0.25, 0.3) is 77.2 Å². The van der Waals surface area contributed by atoms with Crippen molar-refractivity contribution in [1.29, 1.82) is 0 Å². The molecule has 0 amide bonds. The number of hydrogen-bond donors (Lipinski definition) is 0. The van der Waals surface area contributed by atoms with Crippen molar-refractivity contribution in [3.63, 3.8) is 0 Å². The first-order valence-electron chi connectivity index (χ1n) is 27.3. The highest BCUT2D eigenvalue weighted by Gasteiger charge is 2.50. The van der Waals surface area contributed by atoms with Crippen LogP contribution in [0.4, 0.5) is 0 Å². The van der Waals surface area contributed by atoms with Gasteiger partial charge < -0.3 is 0 Å². The number of benzene rings is 9. The van der Waals surface area contributed by atoms with Crippen LogP contribution < -0.4 is 0 Å². The molecule has 1 heteroatoms. The predicted molar refractivity (Wildman–Crippen MR) is 218 cm³/mol. The van der Waals surface area contributed by atoms with Gasteiger partial charge in [-0.3, -0.25) is 0 Å². The average Bonchev–Trinajstić information content (AvgIpc) is 3.81. The van der Waals surface area contributed by atoms with Crippen LogP contribution in [0.3, 0.4) is 0 Å². The zero-order valence-corrected chi connectivity index (χ0v) is 27.3. The fourth-order valence-electron chi connectivity index (χ4n) is 8.16. The summed E-state index contributed by atoms with van der Waals surface area (Å²) in [7, 11) is 0. The van der Waals surface area contributed by atoms with E-state index in [9.17, 15) is 13.7 Å². The summed E-state index contributed by atoms with van der Waals surface area (Å²) < 4.78 is 202. The van der Waals surface area contributed by atoms with E-state index in [-0.39, 0.29) is 22.1 Å². The van der Waals surface area contributed by atoms with Crippen molar-refractivity contribution in [2.45, 2.75) is 15.2 Å². The van der Waals surface area contributed by atoms with Crippen LogP contribution in [-0.2, 0) is 5.41 Å². The summed E-state index contributed by atoms with van der Waals surface area (Å²) >= 11 is 1.37. The number of hydrogen-bond acceptors (Lipinski definition) is 1. The molecule has 1 aliphatic heterocycles. The van der Waals surface area contributed by atoms with E-state index in [0.29, 0.717) is 32.4 Å². The van der Waals surface area contributed by atoms with Crippen molar-refractivity contribution in [2.24, 2.45) is 0 Å². The van der Waals surface area contributed by atoms with E-state index in [4.69, 9.17) is 16.4 Å². The van der Waals surface area contributed by atoms with Crippen molar-refractivity contribution < 1.29 is 30.2 Å². The van der Waals surface area contributed by atoms with E-state index in [2.05, 4.69) is 0 Å². The summed E-state index contributed by atoms with van der Waals surface area (Å²) in [6.07, 6.45) is 0. The topological polar surface area (TPSA) is 0 Å². The lowest BCUT2D eigenvalue weighted by atomic mass is 9.61. The summed E-state index contributed by atoms with van der Waals surface area (Å²) in [6, 6.07) is -1.45. The molecule has 0 fully saturated rings. The molecule has 0 saturated heterocycles. The molecule has 1 spiro atoms. The lowest BCUT2D eigenvalue weighted by molar-refractivity contribution is 0.774. The van der Waals surface area contributed by atoms with Crippen molar-refractivity contribution >= 4 is 33.3 Å². The van der Waals surface area contributed by atoms with Gasteiger partial charge in [0.15, 0.2) is 0 Å². The quantitative estimate of drug-likeness (QED) is 0.173. The van der Waals surface area contributed by atoms with Crippen molar-refractivity contribution in [2.75, 3.05) is 0 Å². The molecule has 9 aromatic rings. The molecule has 0 bridgehead atoms. The molecule has 9 aromatic carbocycles. The van der Waals surface area contributed by atoms with Gasteiger partial charge in [0.2, 0.25) is 0 Å². The molecule has 0 aromatic heterocycles. The molecule has 12 rings (SSSR count). The predicted octanol–water partition coefficient (Wildman–Crippen LogP) is 13.8. The van der Waals surface area contributed by atoms with Gasteiger partial charge in [-0.25, -0.2) is 0 Å². The first kappa shape index (κ1) is 14.8. The van der Waals surface area contributed by atoms with Crippen molar-refractivity contribution in [3.05, 3.63) is 204 Å². The highest BCUT2D eigenvalue weighted by molar-refractivity contribution is 7.99. The molecule has 240 valence electrons. The Balaban J connectivity index is 1.24. The molecule has 0 saturated carbocycles. The third-order valence-corrected chi connectivity index (χ3v) is 11.4. The Morgan fingerprint density at radius 2 is 1.10 bits per heavy atom.